The van der Waals surface area contributed by atoms with E-state index in [-0.39, 0.29) is 12.4 Å². The molecule has 10 heteroatoms. The summed E-state index contributed by atoms with van der Waals surface area (Å²) in [6.45, 7) is 1.95. The lowest BCUT2D eigenvalue weighted by Gasteiger charge is -2.26. The van der Waals surface area contributed by atoms with Crippen molar-refractivity contribution in [3.05, 3.63) is 70.9 Å². The zero-order valence-electron chi connectivity index (χ0n) is 18.0. The van der Waals surface area contributed by atoms with Crippen molar-refractivity contribution in [3.63, 3.8) is 0 Å². The van der Waals surface area contributed by atoms with Gasteiger partial charge in [-0.2, -0.15) is 18.3 Å². The van der Waals surface area contributed by atoms with Gasteiger partial charge in [-0.25, -0.2) is 0 Å². The van der Waals surface area contributed by atoms with E-state index in [4.69, 9.17) is 21.1 Å². The van der Waals surface area contributed by atoms with Crippen LogP contribution in [-0.2, 0) is 17.9 Å². The van der Waals surface area contributed by atoms with E-state index in [1.165, 1.54) is 26.0 Å². The lowest BCUT2D eigenvalue weighted by Crippen LogP contribution is -2.38. The van der Waals surface area contributed by atoms with Crippen LogP contribution in [0.3, 0.4) is 0 Å². The van der Waals surface area contributed by atoms with E-state index in [2.05, 4.69) is 5.10 Å². The average Bonchev–Trinajstić information content (AvgIpc) is 3.15. The third kappa shape index (κ3) is 6.94. The van der Waals surface area contributed by atoms with Crippen LogP contribution < -0.4 is 4.74 Å². The summed E-state index contributed by atoms with van der Waals surface area (Å²) in [6.07, 6.45) is -6.14. The molecule has 0 spiro atoms. The van der Waals surface area contributed by atoms with Gasteiger partial charge >= 0.3 is 6.18 Å². The van der Waals surface area contributed by atoms with Gasteiger partial charge < -0.3 is 19.7 Å². The van der Waals surface area contributed by atoms with Crippen molar-refractivity contribution in [1.29, 1.82) is 0 Å². The quantitative estimate of drug-likeness (QED) is 0.427. The Bertz CT molecular complexity index is 1080. The first kappa shape index (κ1) is 25.0. The van der Waals surface area contributed by atoms with E-state index in [1.54, 1.807) is 35.0 Å². The first-order valence-electron chi connectivity index (χ1n) is 10.0. The Kier molecular flexibility index (Phi) is 7.69. The molecular weight excluding hydrogens is 461 g/mol. The Morgan fingerprint density at radius 2 is 1.79 bits per heavy atom. The van der Waals surface area contributed by atoms with Crippen LogP contribution in [0.2, 0.25) is 5.02 Å². The van der Waals surface area contributed by atoms with Crippen molar-refractivity contribution >= 4 is 11.6 Å². The number of benzene rings is 2. The van der Waals surface area contributed by atoms with Crippen LogP contribution in [0.25, 0.3) is 11.3 Å². The normalized spacial score (nSPS) is 12.4. The molecule has 0 saturated heterocycles. The van der Waals surface area contributed by atoms with Crippen LogP contribution in [0, 0.1) is 0 Å². The molecule has 3 rings (SSSR count). The molecular formula is C23H24ClF3N2O4. The van der Waals surface area contributed by atoms with E-state index in [9.17, 15) is 23.4 Å². The number of hydrogen-bond acceptors (Lipinski definition) is 5. The molecule has 0 radical (unpaired) electrons. The molecule has 0 unspecified atom stereocenters. The van der Waals surface area contributed by atoms with Crippen molar-refractivity contribution < 1.29 is 32.9 Å². The molecule has 0 fully saturated rings. The highest BCUT2D eigenvalue weighted by Gasteiger charge is 2.29. The van der Waals surface area contributed by atoms with Crippen molar-refractivity contribution in [2.24, 2.45) is 0 Å². The number of aliphatic hydroxyl groups excluding tert-OH is 1. The third-order valence-corrected chi connectivity index (χ3v) is 5.22. The Labute approximate surface area is 194 Å². The SMILES string of the molecule is CC(C)(OCc1cc(-c2cccc(OCC(F)(F)F)c2)n(Cc2ccccc2Cl)n1)C(O)O. The van der Waals surface area contributed by atoms with Crippen molar-refractivity contribution in [3.8, 4) is 17.0 Å². The minimum atomic E-state index is -4.45. The molecule has 6 nitrogen and oxygen atoms in total. The minimum Gasteiger partial charge on any atom is -0.484 e. The smallest absolute Gasteiger partial charge is 0.422 e. The van der Waals surface area contributed by atoms with Crippen LogP contribution >= 0.6 is 11.6 Å². The lowest BCUT2D eigenvalue weighted by atomic mass is 10.1. The minimum absolute atomic E-state index is 0.0165. The number of hydrogen-bond donors (Lipinski definition) is 2. The summed E-state index contributed by atoms with van der Waals surface area (Å²) in [5, 5.41) is 24.0. The molecule has 0 saturated carbocycles. The Balaban J connectivity index is 1.93. The second kappa shape index (κ2) is 10.1. The first-order valence-corrected chi connectivity index (χ1v) is 10.4. The molecule has 0 aliphatic rings. The number of aliphatic hydroxyl groups is 2. The lowest BCUT2D eigenvalue weighted by molar-refractivity contribution is -0.197. The maximum atomic E-state index is 12.5. The van der Waals surface area contributed by atoms with Gasteiger partial charge in [0.05, 0.1) is 24.5 Å². The fourth-order valence-electron chi connectivity index (χ4n) is 2.93. The van der Waals surface area contributed by atoms with Gasteiger partial charge in [-0.3, -0.25) is 4.68 Å². The summed E-state index contributed by atoms with van der Waals surface area (Å²) in [7, 11) is 0. The van der Waals surface area contributed by atoms with Crippen molar-refractivity contribution in [1.82, 2.24) is 9.78 Å². The van der Waals surface area contributed by atoms with E-state index >= 15 is 0 Å². The Hall–Kier alpha value is -2.59. The molecule has 0 amide bonds. The fourth-order valence-corrected chi connectivity index (χ4v) is 3.12. The largest absolute Gasteiger partial charge is 0.484 e. The Morgan fingerprint density at radius 3 is 2.45 bits per heavy atom. The highest BCUT2D eigenvalue weighted by Crippen LogP contribution is 2.28. The van der Waals surface area contributed by atoms with E-state index < -0.39 is 24.7 Å². The second-order valence-electron chi connectivity index (χ2n) is 7.97. The van der Waals surface area contributed by atoms with Gasteiger partial charge in [0.25, 0.3) is 0 Å². The third-order valence-electron chi connectivity index (χ3n) is 4.85. The Morgan fingerprint density at radius 1 is 1.06 bits per heavy atom. The maximum Gasteiger partial charge on any atom is 0.422 e. The van der Waals surface area contributed by atoms with Gasteiger partial charge in [0.2, 0.25) is 0 Å². The number of aromatic nitrogens is 2. The predicted molar refractivity (Wildman–Crippen MR) is 117 cm³/mol. The van der Waals surface area contributed by atoms with Crippen LogP contribution in [0.1, 0.15) is 25.1 Å². The van der Waals surface area contributed by atoms with Crippen molar-refractivity contribution in [2.75, 3.05) is 6.61 Å². The summed E-state index contributed by atoms with van der Waals surface area (Å²) in [5.41, 5.74) is 1.26. The van der Waals surface area contributed by atoms with Crippen molar-refractivity contribution in [2.45, 2.75) is 45.1 Å². The van der Waals surface area contributed by atoms with E-state index in [0.29, 0.717) is 28.5 Å². The molecule has 0 atom stereocenters. The standard InChI is InChI=1S/C23H24ClF3N2O4/c1-22(2,21(30)31)33-13-17-11-20(29(28-17)12-16-6-3-4-9-19(16)24)15-7-5-8-18(10-15)32-14-23(25,26)27/h3-11,21,30-31H,12-14H2,1-2H3. The second-order valence-corrected chi connectivity index (χ2v) is 8.37. The fraction of sp³-hybridized carbons (Fsp3) is 0.348. The molecule has 2 aromatic carbocycles. The molecule has 1 aromatic heterocycles. The average molecular weight is 485 g/mol. The van der Waals surface area contributed by atoms with E-state index in [1.807, 2.05) is 12.1 Å². The summed E-state index contributed by atoms with van der Waals surface area (Å²) in [5.74, 6) is 0.0673. The number of alkyl halides is 3. The number of ether oxygens (including phenoxy) is 2. The topological polar surface area (TPSA) is 76.7 Å². The van der Waals surface area contributed by atoms with Crippen LogP contribution in [0.4, 0.5) is 13.2 Å². The molecule has 3 aromatic rings. The van der Waals surface area contributed by atoms with Gasteiger partial charge in [0.15, 0.2) is 12.9 Å². The highest BCUT2D eigenvalue weighted by molar-refractivity contribution is 6.31. The summed E-state index contributed by atoms with van der Waals surface area (Å²) >= 11 is 6.30. The van der Waals surface area contributed by atoms with E-state index in [0.717, 1.165) is 5.56 Å². The highest BCUT2D eigenvalue weighted by atomic mass is 35.5. The molecule has 178 valence electrons. The predicted octanol–water partition coefficient (Wildman–Crippen LogP) is 4.80. The zero-order valence-corrected chi connectivity index (χ0v) is 18.8. The monoisotopic (exact) mass is 484 g/mol. The maximum absolute atomic E-state index is 12.5. The van der Waals surface area contributed by atoms with Gasteiger partial charge in [0, 0.05) is 10.6 Å². The van der Waals surface area contributed by atoms with Gasteiger partial charge in [-0.15, -0.1) is 0 Å². The zero-order chi connectivity index (χ0) is 24.2. The molecule has 0 aliphatic heterocycles. The van der Waals surface area contributed by atoms with Gasteiger partial charge in [0.1, 0.15) is 11.4 Å². The number of rotatable bonds is 9. The summed E-state index contributed by atoms with van der Waals surface area (Å²) in [6, 6.07) is 15.2. The molecule has 0 aliphatic carbocycles. The molecule has 33 heavy (non-hydrogen) atoms. The summed E-state index contributed by atoms with van der Waals surface area (Å²) in [4.78, 5) is 0. The first-order chi connectivity index (χ1) is 15.4. The molecule has 0 bridgehead atoms. The van der Waals surface area contributed by atoms with Crippen LogP contribution in [0.15, 0.2) is 54.6 Å². The van der Waals surface area contributed by atoms with Gasteiger partial charge in [-0.05, 0) is 43.7 Å². The number of halogens is 4. The number of nitrogens with zero attached hydrogens (tertiary/aromatic N) is 2. The van der Waals surface area contributed by atoms with Crippen LogP contribution in [0.5, 0.6) is 5.75 Å². The summed E-state index contributed by atoms with van der Waals surface area (Å²) < 4.78 is 49.8. The molecule has 1 heterocycles. The van der Waals surface area contributed by atoms with Gasteiger partial charge in [-0.1, -0.05) is 41.9 Å². The molecule has 2 N–H and O–H groups in total. The van der Waals surface area contributed by atoms with Crippen LogP contribution in [-0.4, -0.2) is 44.7 Å².